The van der Waals surface area contributed by atoms with Gasteiger partial charge >= 0.3 is 32.7 Å². The van der Waals surface area contributed by atoms with Crippen LogP contribution < -0.4 is 0 Å². The first-order valence-corrected chi connectivity index (χ1v) is 13.6. The molecule has 0 fully saturated rings. The predicted molar refractivity (Wildman–Crippen MR) is 150 cm³/mol. The number of hydrogen-bond donors (Lipinski definition) is 0. The van der Waals surface area contributed by atoms with Crippen molar-refractivity contribution < 1.29 is 32.7 Å². The summed E-state index contributed by atoms with van der Waals surface area (Å²) in [5.41, 5.74) is 0. The normalized spacial score (nSPS) is 10.5. The molecule has 7 heteroatoms. The molecule has 0 amide bonds. The maximum atomic E-state index is 4.07. The molecule has 0 unspecified atom stereocenters. The van der Waals surface area contributed by atoms with E-state index in [1.165, 1.54) is 38.5 Å². The third-order valence-corrected chi connectivity index (χ3v) is 4.60. The van der Waals surface area contributed by atoms with Crippen molar-refractivity contribution in [1.82, 2.24) is 14.7 Å². The standard InChI is InChI=1S/3C9H19N2.Y/c3*1-4-7-8-11(6-3)9-10-5-2;/h3*4-8H2,1-3H3;/q3*-1;+3. The van der Waals surface area contributed by atoms with Crippen molar-refractivity contribution in [2.24, 2.45) is 15.0 Å². The van der Waals surface area contributed by atoms with Crippen molar-refractivity contribution in [3.05, 3.63) is 0 Å². The summed E-state index contributed by atoms with van der Waals surface area (Å²) in [5.74, 6) is 0. The van der Waals surface area contributed by atoms with Crippen LogP contribution in [-0.2, 0) is 32.7 Å². The number of nitrogens with zero attached hydrogens (tertiary/aromatic N) is 6. The van der Waals surface area contributed by atoms with E-state index in [0.29, 0.717) is 0 Å². The van der Waals surface area contributed by atoms with Crippen LogP contribution in [-0.4, -0.2) is 92.6 Å². The largest absolute Gasteiger partial charge is 3.00 e. The van der Waals surface area contributed by atoms with Crippen molar-refractivity contribution >= 4 is 19.0 Å². The van der Waals surface area contributed by atoms with Crippen LogP contribution in [0.3, 0.4) is 0 Å². The number of aliphatic imine (C=N–C) groups is 3. The van der Waals surface area contributed by atoms with Gasteiger partial charge in [0.05, 0.1) is 0 Å². The van der Waals surface area contributed by atoms with Gasteiger partial charge in [0.15, 0.2) is 0 Å². The average molecular weight is 555 g/mol. The van der Waals surface area contributed by atoms with E-state index in [2.05, 4.69) is 90.2 Å². The maximum absolute atomic E-state index is 4.07. The van der Waals surface area contributed by atoms with Gasteiger partial charge in [-0.2, -0.15) is 0 Å². The van der Waals surface area contributed by atoms with Crippen LogP contribution in [0.4, 0.5) is 0 Å². The monoisotopic (exact) mass is 554 g/mol. The molecule has 0 radical (unpaired) electrons. The molecular formula is C27H57N6Y. The quantitative estimate of drug-likeness (QED) is 0.0891. The van der Waals surface area contributed by atoms with Crippen LogP contribution >= 0.6 is 0 Å². The molecule has 0 saturated carbocycles. The molecule has 0 saturated heterocycles. The topological polar surface area (TPSA) is 46.8 Å². The van der Waals surface area contributed by atoms with Crippen LogP contribution in [0.1, 0.15) is 101 Å². The van der Waals surface area contributed by atoms with Crippen molar-refractivity contribution in [1.29, 1.82) is 0 Å². The molecule has 0 heterocycles. The zero-order chi connectivity index (χ0) is 25.6. The number of hydrogen-bond acceptors (Lipinski definition) is 3. The van der Waals surface area contributed by atoms with E-state index < -0.39 is 0 Å². The molecule has 0 bridgehead atoms. The smallest absolute Gasteiger partial charge is 0.538 e. The van der Waals surface area contributed by atoms with Gasteiger partial charge in [0.1, 0.15) is 0 Å². The molecule has 0 aliphatic rings. The fraction of sp³-hybridized carbons (Fsp3) is 0.889. The predicted octanol–water partition coefficient (Wildman–Crippen LogP) is 6.10. The molecule has 0 aliphatic carbocycles. The Hall–Kier alpha value is -0.486. The van der Waals surface area contributed by atoms with E-state index >= 15 is 0 Å². The second-order valence-corrected chi connectivity index (χ2v) is 7.52. The first-order valence-electron chi connectivity index (χ1n) is 13.6. The van der Waals surface area contributed by atoms with E-state index in [4.69, 9.17) is 0 Å². The van der Waals surface area contributed by atoms with Gasteiger partial charge in [-0.1, -0.05) is 60.8 Å². The summed E-state index contributed by atoms with van der Waals surface area (Å²) in [6.45, 7) is 27.9. The summed E-state index contributed by atoms with van der Waals surface area (Å²) >= 11 is 0. The molecule has 0 aromatic rings. The molecular weight excluding hydrogens is 497 g/mol. The molecule has 34 heavy (non-hydrogen) atoms. The fourth-order valence-corrected chi connectivity index (χ4v) is 2.40. The van der Waals surface area contributed by atoms with Gasteiger partial charge in [0, 0.05) is 0 Å². The minimum absolute atomic E-state index is 0. The van der Waals surface area contributed by atoms with E-state index in [-0.39, 0.29) is 32.7 Å². The van der Waals surface area contributed by atoms with Gasteiger partial charge in [0.2, 0.25) is 0 Å². The number of unbranched alkanes of at least 4 members (excludes halogenated alkanes) is 3. The second kappa shape index (κ2) is 37.1. The maximum Gasteiger partial charge on any atom is 3.00 e. The first kappa shape index (κ1) is 40.7. The molecule has 0 aromatic heterocycles. The molecule has 0 N–H and O–H groups in total. The molecule has 0 aliphatic heterocycles. The summed E-state index contributed by atoms with van der Waals surface area (Å²) in [5, 5.41) is 0. The van der Waals surface area contributed by atoms with Crippen molar-refractivity contribution in [3.63, 3.8) is 0 Å². The molecule has 0 aromatic carbocycles. The van der Waals surface area contributed by atoms with E-state index in [1.54, 1.807) is 0 Å². The molecule has 0 atom stereocenters. The third-order valence-electron chi connectivity index (χ3n) is 4.60. The van der Waals surface area contributed by atoms with Crippen molar-refractivity contribution in [3.8, 4) is 0 Å². The summed E-state index contributed by atoms with van der Waals surface area (Å²) < 4.78 is 0. The van der Waals surface area contributed by atoms with E-state index in [1.807, 2.05) is 20.8 Å². The SMILES string of the molecule is CCCCN([C-]=NCC)CC.CCCCN([C-]=NCC)CC.CCCCN([C-]=NCC)CC.[Y+3]. The fourth-order valence-electron chi connectivity index (χ4n) is 2.40. The molecule has 0 spiro atoms. The molecule has 6 nitrogen and oxygen atoms in total. The Labute approximate surface area is 240 Å². The Kier molecular flexibility index (Phi) is 44.3. The third kappa shape index (κ3) is 33.7. The van der Waals surface area contributed by atoms with Crippen LogP contribution in [0.15, 0.2) is 15.0 Å². The minimum atomic E-state index is 0. The summed E-state index contributed by atoms with van der Waals surface area (Å²) in [6.07, 6.45) is 16.5. The summed E-state index contributed by atoms with van der Waals surface area (Å²) in [4.78, 5) is 18.6. The second-order valence-electron chi connectivity index (χ2n) is 7.52. The van der Waals surface area contributed by atoms with Gasteiger partial charge in [-0.15, -0.1) is 0 Å². The van der Waals surface area contributed by atoms with Gasteiger partial charge in [-0.3, -0.25) is 19.0 Å². The van der Waals surface area contributed by atoms with Crippen LogP contribution in [0.2, 0.25) is 0 Å². The Morgan fingerprint density at radius 2 is 0.676 bits per heavy atom. The van der Waals surface area contributed by atoms with Crippen LogP contribution in [0, 0.1) is 0 Å². The van der Waals surface area contributed by atoms with Crippen LogP contribution in [0.25, 0.3) is 0 Å². The zero-order valence-corrected chi connectivity index (χ0v) is 27.2. The number of rotatable bonds is 18. The Balaban J connectivity index is -0.000000196. The minimum Gasteiger partial charge on any atom is -0.538 e. The Bertz CT molecular complexity index is 368. The van der Waals surface area contributed by atoms with E-state index in [9.17, 15) is 0 Å². The zero-order valence-electron chi connectivity index (χ0n) is 24.4. The van der Waals surface area contributed by atoms with Crippen molar-refractivity contribution in [2.45, 2.75) is 101 Å². The van der Waals surface area contributed by atoms with Crippen LogP contribution in [0.5, 0.6) is 0 Å². The van der Waals surface area contributed by atoms with Crippen molar-refractivity contribution in [2.75, 3.05) is 58.9 Å². The average Bonchev–Trinajstić information content (AvgIpc) is 2.85. The van der Waals surface area contributed by atoms with E-state index in [0.717, 1.165) is 58.9 Å². The van der Waals surface area contributed by atoms with Gasteiger partial charge in [-0.05, 0) is 98.9 Å². The Morgan fingerprint density at radius 3 is 0.824 bits per heavy atom. The van der Waals surface area contributed by atoms with Gasteiger partial charge < -0.3 is 29.7 Å². The Morgan fingerprint density at radius 1 is 0.441 bits per heavy atom. The van der Waals surface area contributed by atoms with Gasteiger partial charge in [-0.25, -0.2) is 0 Å². The first-order chi connectivity index (χ1) is 16.0. The molecule has 0 rings (SSSR count). The van der Waals surface area contributed by atoms with Gasteiger partial charge in [0.25, 0.3) is 0 Å². The molecule has 198 valence electrons. The summed E-state index contributed by atoms with van der Waals surface area (Å²) in [6, 6.07) is 0. The summed E-state index contributed by atoms with van der Waals surface area (Å²) in [7, 11) is 0.